The van der Waals surface area contributed by atoms with Crippen LogP contribution in [0.3, 0.4) is 0 Å². The highest BCUT2D eigenvalue weighted by atomic mass is 32.2. The number of aliphatic carboxylic acids is 1. The Labute approximate surface area is 208 Å². The van der Waals surface area contributed by atoms with Crippen molar-refractivity contribution in [1.82, 2.24) is 0 Å². The van der Waals surface area contributed by atoms with Gasteiger partial charge in [-0.05, 0) is 35.9 Å². The van der Waals surface area contributed by atoms with Crippen LogP contribution >= 0.6 is 11.8 Å². The van der Waals surface area contributed by atoms with E-state index in [1.165, 1.54) is 30.3 Å². The summed E-state index contributed by atoms with van der Waals surface area (Å²) in [6.07, 6.45) is 0. The summed E-state index contributed by atoms with van der Waals surface area (Å²) < 4.78 is 42.1. The Balaban J connectivity index is 1.78. The van der Waals surface area contributed by atoms with Gasteiger partial charge in [-0.25, -0.2) is 12.8 Å². The van der Waals surface area contributed by atoms with Crippen LogP contribution < -0.4 is 4.72 Å². The van der Waals surface area contributed by atoms with Gasteiger partial charge in [-0.1, -0.05) is 36.4 Å². The van der Waals surface area contributed by atoms with Crippen LogP contribution in [0.5, 0.6) is 5.75 Å². The van der Waals surface area contributed by atoms with Gasteiger partial charge in [0, 0.05) is 16.8 Å². The van der Waals surface area contributed by atoms with E-state index in [4.69, 9.17) is 5.11 Å². The van der Waals surface area contributed by atoms with Gasteiger partial charge in [0.1, 0.15) is 11.6 Å². The number of carbonyl (C=O) groups is 1. The maximum absolute atomic E-state index is 13.3. The molecule has 0 aromatic heterocycles. The predicted molar refractivity (Wildman–Crippen MR) is 133 cm³/mol. The van der Waals surface area contributed by atoms with Crippen LogP contribution in [0.15, 0.2) is 82.6 Å². The smallest absolute Gasteiger partial charge is 0.313 e. The highest BCUT2D eigenvalue weighted by molar-refractivity contribution is 8.00. The third kappa shape index (κ3) is 5.09. The van der Waals surface area contributed by atoms with E-state index in [-0.39, 0.29) is 27.6 Å². The van der Waals surface area contributed by atoms with Gasteiger partial charge in [-0.3, -0.25) is 19.6 Å². The van der Waals surface area contributed by atoms with Crippen LogP contribution in [0.25, 0.3) is 21.9 Å². The van der Waals surface area contributed by atoms with Gasteiger partial charge in [-0.15, -0.1) is 11.8 Å². The normalized spacial score (nSPS) is 11.4. The van der Waals surface area contributed by atoms with E-state index in [0.717, 1.165) is 30.0 Å². The molecular formula is C24H17FN2O7S2. The summed E-state index contributed by atoms with van der Waals surface area (Å²) in [7, 11) is -4.35. The van der Waals surface area contributed by atoms with Gasteiger partial charge in [0.2, 0.25) is 0 Å². The Morgan fingerprint density at radius 2 is 1.69 bits per heavy atom. The number of carboxylic acid groups (broad SMARTS) is 1. The molecule has 4 aromatic rings. The number of phenolic OH excluding ortho intramolecular Hbond substituents is 1. The first-order valence-electron chi connectivity index (χ1n) is 10.2. The molecule has 0 saturated carbocycles. The van der Waals surface area contributed by atoms with Crippen molar-refractivity contribution < 1.29 is 32.7 Å². The molecule has 0 aliphatic heterocycles. The summed E-state index contributed by atoms with van der Waals surface area (Å²) >= 11 is 0.813. The Morgan fingerprint density at radius 3 is 2.33 bits per heavy atom. The average Bonchev–Trinajstić information content (AvgIpc) is 2.85. The lowest BCUT2D eigenvalue weighted by atomic mass is 10.0. The number of nitrogens with one attached hydrogen (secondary N) is 1. The number of sulfonamides is 1. The van der Waals surface area contributed by atoms with Crippen LogP contribution in [0.1, 0.15) is 0 Å². The van der Waals surface area contributed by atoms with E-state index in [1.807, 2.05) is 0 Å². The van der Waals surface area contributed by atoms with Crippen LogP contribution in [0.2, 0.25) is 0 Å². The number of halogens is 1. The summed E-state index contributed by atoms with van der Waals surface area (Å²) in [5, 5.41) is 31.9. The van der Waals surface area contributed by atoms with E-state index < -0.39 is 37.3 Å². The maximum atomic E-state index is 13.3. The third-order valence-corrected chi connectivity index (χ3v) is 7.58. The van der Waals surface area contributed by atoms with Crippen LogP contribution in [-0.4, -0.2) is 35.3 Å². The fourth-order valence-corrected chi connectivity index (χ4v) is 5.39. The van der Waals surface area contributed by atoms with Crippen molar-refractivity contribution in [2.45, 2.75) is 9.79 Å². The van der Waals surface area contributed by atoms with Crippen molar-refractivity contribution in [3.8, 4) is 16.9 Å². The molecular weight excluding hydrogens is 511 g/mol. The number of nitrogens with zero attached hydrogens (tertiary/aromatic N) is 1. The molecule has 9 nitrogen and oxygen atoms in total. The minimum absolute atomic E-state index is 0.0570. The van der Waals surface area contributed by atoms with Crippen molar-refractivity contribution in [3.05, 3.63) is 88.7 Å². The molecule has 0 bridgehead atoms. The number of hydrogen-bond donors (Lipinski definition) is 3. The molecule has 36 heavy (non-hydrogen) atoms. The standard InChI is InChI=1S/C24H17FN2O7S2/c25-15-7-5-14(6-8-15)17-10-9-16(11-21(17)27(31)32)36(33,34)26-20-12-22(35-13-23(28)29)24(30)19-4-2-1-3-18(19)20/h1-12,26,30H,13H2,(H,28,29). The lowest BCUT2D eigenvalue weighted by Gasteiger charge is -2.15. The lowest BCUT2D eigenvalue weighted by molar-refractivity contribution is -0.384. The molecule has 0 spiro atoms. The van der Waals surface area contributed by atoms with E-state index in [0.29, 0.717) is 16.3 Å². The minimum atomic E-state index is -4.35. The Hall–Kier alpha value is -4.16. The minimum Gasteiger partial charge on any atom is -0.506 e. The SMILES string of the molecule is O=C(O)CSc1cc(NS(=O)(=O)c2ccc(-c3ccc(F)cc3)c([N+](=O)[O-])c2)c2ccccc2c1O. The number of anilines is 1. The molecule has 0 amide bonds. The lowest BCUT2D eigenvalue weighted by Crippen LogP contribution is -2.14. The fourth-order valence-electron chi connectivity index (χ4n) is 3.58. The quantitative estimate of drug-likeness (QED) is 0.122. The zero-order valence-corrected chi connectivity index (χ0v) is 19.8. The second kappa shape index (κ2) is 9.84. The first-order chi connectivity index (χ1) is 17.1. The average molecular weight is 529 g/mol. The van der Waals surface area contributed by atoms with Gasteiger partial charge in [0.05, 0.1) is 31.7 Å². The third-order valence-electron chi connectivity index (χ3n) is 5.21. The number of fused-ring (bicyclic) bond motifs is 1. The van der Waals surface area contributed by atoms with Crippen molar-refractivity contribution in [3.63, 3.8) is 0 Å². The number of nitro groups is 1. The number of benzene rings is 4. The number of aromatic hydroxyl groups is 1. The topological polar surface area (TPSA) is 147 Å². The monoisotopic (exact) mass is 528 g/mol. The number of phenols is 1. The van der Waals surface area contributed by atoms with Gasteiger partial charge in [0.15, 0.2) is 0 Å². The molecule has 0 unspecified atom stereocenters. The summed E-state index contributed by atoms with van der Waals surface area (Å²) in [6, 6.07) is 16.0. The zero-order valence-electron chi connectivity index (χ0n) is 18.2. The summed E-state index contributed by atoms with van der Waals surface area (Å²) in [5.74, 6) is -2.20. The van der Waals surface area contributed by atoms with Crippen LogP contribution in [-0.2, 0) is 14.8 Å². The molecule has 0 aliphatic carbocycles. The van der Waals surface area contributed by atoms with E-state index in [2.05, 4.69) is 4.72 Å². The molecule has 3 N–H and O–H groups in total. The number of rotatable bonds is 8. The highest BCUT2D eigenvalue weighted by Crippen LogP contribution is 2.41. The van der Waals surface area contributed by atoms with Gasteiger partial charge in [-0.2, -0.15) is 0 Å². The predicted octanol–water partition coefficient (Wildman–Crippen LogP) is 5.24. The number of thioether (sulfide) groups is 1. The Morgan fingerprint density at radius 1 is 1.03 bits per heavy atom. The van der Waals surface area contributed by atoms with Gasteiger partial charge in [0.25, 0.3) is 15.7 Å². The van der Waals surface area contributed by atoms with Crippen molar-refractivity contribution in [2.75, 3.05) is 10.5 Å². The van der Waals surface area contributed by atoms with E-state index in [1.54, 1.807) is 24.3 Å². The summed E-state index contributed by atoms with van der Waals surface area (Å²) in [5.41, 5.74) is 0.0188. The molecule has 0 saturated heterocycles. The number of carboxylic acids is 1. The second-order valence-electron chi connectivity index (χ2n) is 7.55. The number of hydrogen-bond acceptors (Lipinski definition) is 7. The molecule has 0 heterocycles. The highest BCUT2D eigenvalue weighted by Gasteiger charge is 2.24. The Bertz CT molecular complexity index is 1610. The first kappa shape index (κ1) is 24.9. The van der Waals surface area contributed by atoms with Crippen LogP contribution in [0, 0.1) is 15.9 Å². The molecule has 184 valence electrons. The molecule has 0 aliphatic rings. The van der Waals surface area contributed by atoms with Crippen LogP contribution in [0.4, 0.5) is 15.8 Å². The van der Waals surface area contributed by atoms with Gasteiger partial charge < -0.3 is 10.2 Å². The van der Waals surface area contributed by atoms with Gasteiger partial charge >= 0.3 is 5.97 Å². The second-order valence-corrected chi connectivity index (χ2v) is 10.2. The maximum Gasteiger partial charge on any atom is 0.313 e. The number of nitro benzene ring substituents is 1. The molecule has 0 fully saturated rings. The Kier molecular flexibility index (Phi) is 6.82. The zero-order chi connectivity index (χ0) is 26.0. The van der Waals surface area contributed by atoms with Crippen molar-refractivity contribution in [2.24, 2.45) is 0 Å². The van der Waals surface area contributed by atoms with Crippen molar-refractivity contribution in [1.29, 1.82) is 0 Å². The molecule has 4 rings (SSSR count). The largest absolute Gasteiger partial charge is 0.506 e. The van der Waals surface area contributed by atoms with Crippen molar-refractivity contribution >= 4 is 49.9 Å². The molecule has 0 radical (unpaired) electrons. The fraction of sp³-hybridized carbons (Fsp3) is 0.0417. The summed E-state index contributed by atoms with van der Waals surface area (Å²) in [4.78, 5) is 21.7. The summed E-state index contributed by atoms with van der Waals surface area (Å²) in [6.45, 7) is 0. The molecule has 0 atom stereocenters. The van der Waals surface area contributed by atoms with E-state index in [9.17, 15) is 32.8 Å². The first-order valence-corrected chi connectivity index (χ1v) is 12.7. The molecule has 4 aromatic carbocycles. The van der Waals surface area contributed by atoms with E-state index >= 15 is 0 Å². The molecule has 12 heteroatoms.